The van der Waals surface area contributed by atoms with Crippen LogP contribution in [0.15, 0.2) is 42.5 Å². The van der Waals surface area contributed by atoms with Crippen molar-refractivity contribution in [2.24, 2.45) is 0 Å². The Hall–Kier alpha value is -2.29. The van der Waals surface area contributed by atoms with Gasteiger partial charge in [-0.15, -0.1) is 0 Å². The molecule has 0 amide bonds. The van der Waals surface area contributed by atoms with Gasteiger partial charge in [0.05, 0.1) is 12.2 Å². The third-order valence-corrected chi connectivity index (χ3v) is 2.95. The number of aromatic carboxylic acids is 1. The number of ether oxygens (including phenoxy) is 1. The fraction of sp³-hybridized carbons (Fsp3) is 0.188. The molecule has 0 unspecified atom stereocenters. The summed E-state index contributed by atoms with van der Waals surface area (Å²) in [6, 6.07) is 12.8. The summed E-state index contributed by atoms with van der Waals surface area (Å²) in [5.74, 6) is -0.0547. The summed E-state index contributed by atoms with van der Waals surface area (Å²) in [5.41, 5.74) is 3.49. The van der Waals surface area contributed by atoms with Gasteiger partial charge in [-0.3, -0.25) is 0 Å². The summed E-state index contributed by atoms with van der Waals surface area (Å²) in [6.07, 6.45) is 0. The zero-order chi connectivity index (χ0) is 13.8. The molecule has 0 aliphatic carbocycles. The zero-order valence-electron chi connectivity index (χ0n) is 11.0. The lowest BCUT2D eigenvalue weighted by Gasteiger charge is -2.09. The number of rotatable bonds is 4. The minimum absolute atomic E-state index is 0.298. The molecule has 0 atom stereocenters. The van der Waals surface area contributed by atoms with Crippen LogP contribution in [0, 0.1) is 6.92 Å². The summed E-state index contributed by atoms with van der Waals surface area (Å²) in [4.78, 5) is 10.8. The molecule has 2 aromatic carbocycles. The second-order valence-electron chi connectivity index (χ2n) is 4.29. The van der Waals surface area contributed by atoms with Gasteiger partial charge < -0.3 is 9.84 Å². The average Bonchev–Trinajstić information content (AvgIpc) is 2.39. The van der Waals surface area contributed by atoms with Crippen LogP contribution in [-0.2, 0) is 0 Å². The molecule has 98 valence electrons. The molecule has 0 heterocycles. The van der Waals surface area contributed by atoms with Crippen molar-refractivity contribution in [3.8, 4) is 16.9 Å². The van der Waals surface area contributed by atoms with Crippen molar-refractivity contribution in [2.75, 3.05) is 6.61 Å². The monoisotopic (exact) mass is 256 g/mol. The van der Waals surface area contributed by atoms with E-state index in [2.05, 4.69) is 0 Å². The van der Waals surface area contributed by atoms with E-state index in [9.17, 15) is 4.79 Å². The van der Waals surface area contributed by atoms with Crippen LogP contribution in [0.3, 0.4) is 0 Å². The lowest BCUT2D eigenvalue weighted by atomic mass is 9.99. The number of carboxylic acid groups (broad SMARTS) is 1. The maximum absolute atomic E-state index is 10.8. The molecule has 0 aliphatic heterocycles. The van der Waals surface area contributed by atoms with Gasteiger partial charge in [0, 0.05) is 0 Å². The van der Waals surface area contributed by atoms with Crippen molar-refractivity contribution in [1.82, 2.24) is 0 Å². The Morgan fingerprint density at radius 1 is 1.16 bits per heavy atom. The maximum Gasteiger partial charge on any atom is 0.335 e. The zero-order valence-corrected chi connectivity index (χ0v) is 11.0. The molecular weight excluding hydrogens is 240 g/mol. The molecule has 0 aromatic heterocycles. The fourth-order valence-corrected chi connectivity index (χ4v) is 2.01. The predicted molar refractivity (Wildman–Crippen MR) is 74.7 cm³/mol. The van der Waals surface area contributed by atoms with Crippen LogP contribution in [0.5, 0.6) is 5.75 Å². The van der Waals surface area contributed by atoms with Crippen LogP contribution in [0.2, 0.25) is 0 Å². The van der Waals surface area contributed by atoms with Crippen LogP contribution in [0.1, 0.15) is 22.8 Å². The van der Waals surface area contributed by atoms with Gasteiger partial charge in [0.25, 0.3) is 0 Å². The Morgan fingerprint density at radius 3 is 2.37 bits per heavy atom. The van der Waals surface area contributed by atoms with Gasteiger partial charge in [0.15, 0.2) is 0 Å². The molecule has 3 heteroatoms. The molecule has 2 rings (SSSR count). The van der Waals surface area contributed by atoms with E-state index in [1.807, 2.05) is 44.2 Å². The summed E-state index contributed by atoms with van der Waals surface area (Å²) in [6.45, 7) is 4.61. The Bertz CT molecular complexity index is 585. The molecule has 1 N–H and O–H groups in total. The minimum Gasteiger partial charge on any atom is -0.494 e. The second-order valence-corrected chi connectivity index (χ2v) is 4.29. The highest BCUT2D eigenvalue weighted by Gasteiger charge is 2.06. The number of benzene rings is 2. The minimum atomic E-state index is -0.907. The predicted octanol–water partition coefficient (Wildman–Crippen LogP) is 3.76. The highest BCUT2D eigenvalue weighted by molar-refractivity contribution is 5.88. The Labute approximate surface area is 112 Å². The third kappa shape index (κ3) is 2.94. The third-order valence-electron chi connectivity index (χ3n) is 2.95. The van der Waals surface area contributed by atoms with Crippen LogP contribution in [-0.4, -0.2) is 17.7 Å². The lowest BCUT2D eigenvalue weighted by molar-refractivity contribution is 0.0697. The molecule has 19 heavy (non-hydrogen) atoms. The highest BCUT2D eigenvalue weighted by Crippen LogP contribution is 2.27. The van der Waals surface area contributed by atoms with E-state index in [0.29, 0.717) is 12.2 Å². The molecule has 0 bridgehead atoms. The first-order valence-corrected chi connectivity index (χ1v) is 6.19. The number of hydrogen-bond donors (Lipinski definition) is 1. The van der Waals surface area contributed by atoms with E-state index in [4.69, 9.17) is 9.84 Å². The van der Waals surface area contributed by atoms with Gasteiger partial charge in [0.2, 0.25) is 0 Å². The topological polar surface area (TPSA) is 46.5 Å². The van der Waals surface area contributed by atoms with E-state index < -0.39 is 5.97 Å². The molecule has 0 fully saturated rings. The number of carbonyl (C=O) groups is 1. The van der Waals surface area contributed by atoms with Gasteiger partial charge in [-0.2, -0.15) is 0 Å². The van der Waals surface area contributed by atoms with E-state index >= 15 is 0 Å². The SMILES string of the molecule is CCOc1ccc(-c2ccc(C(=O)O)cc2)c(C)c1. The maximum atomic E-state index is 10.8. The van der Waals surface area contributed by atoms with E-state index in [0.717, 1.165) is 22.4 Å². The van der Waals surface area contributed by atoms with Gasteiger partial charge >= 0.3 is 5.97 Å². The molecule has 0 saturated heterocycles. The van der Waals surface area contributed by atoms with Crippen molar-refractivity contribution in [3.63, 3.8) is 0 Å². The Morgan fingerprint density at radius 2 is 1.84 bits per heavy atom. The Kier molecular flexibility index (Phi) is 3.85. The number of hydrogen-bond acceptors (Lipinski definition) is 2. The summed E-state index contributed by atoms with van der Waals surface area (Å²) < 4.78 is 5.45. The Balaban J connectivity index is 2.33. The molecule has 3 nitrogen and oxygen atoms in total. The molecule has 0 radical (unpaired) electrons. The van der Waals surface area contributed by atoms with Crippen molar-refractivity contribution < 1.29 is 14.6 Å². The van der Waals surface area contributed by atoms with E-state index in [1.165, 1.54) is 0 Å². The van der Waals surface area contributed by atoms with Crippen LogP contribution >= 0.6 is 0 Å². The highest BCUT2D eigenvalue weighted by atomic mass is 16.5. The first-order valence-electron chi connectivity index (χ1n) is 6.19. The van der Waals surface area contributed by atoms with Gasteiger partial charge in [-0.25, -0.2) is 4.79 Å². The van der Waals surface area contributed by atoms with Crippen molar-refractivity contribution in [2.45, 2.75) is 13.8 Å². The quantitative estimate of drug-likeness (QED) is 0.906. The number of aryl methyl sites for hydroxylation is 1. The van der Waals surface area contributed by atoms with Crippen molar-refractivity contribution in [3.05, 3.63) is 53.6 Å². The second kappa shape index (κ2) is 5.57. The summed E-state index contributed by atoms with van der Waals surface area (Å²) >= 11 is 0. The largest absolute Gasteiger partial charge is 0.494 e. The first kappa shape index (κ1) is 13.1. The summed E-state index contributed by atoms with van der Waals surface area (Å²) in [5, 5.41) is 8.88. The lowest BCUT2D eigenvalue weighted by Crippen LogP contribution is -1.95. The normalized spacial score (nSPS) is 10.2. The summed E-state index contributed by atoms with van der Waals surface area (Å²) in [7, 11) is 0. The van der Waals surface area contributed by atoms with E-state index in [-0.39, 0.29) is 0 Å². The molecule has 2 aromatic rings. The van der Waals surface area contributed by atoms with Gasteiger partial charge in [-0.05, 0) is 54.8 Å². The van der Waals surface area contributed by atoms with E-state index in [1.54, 1.807) is 12.1 Å². The molecule has 0 saturated carbocycles. The van der Waals surface area contributed by atoms with Crippen LogP contribution < -0.4 is 4.74 Å². The standard InChI is InChI=1S/C16H16O3/c1-3-19-14-8-9-15(11(2)10-14)12-4-6-13(7-5-12)16(17)18/h4-10H,3H2,1-2H3,(H,17,18). The van der Waals surface area contributed by atoms with Crippen LogP contribution in [0.25, 0.3) is 11.1 Å². The van der Waals surface area contributed by atoms with Crippen molar-refractivity contribution >= 4 is 5.97 Å². The fourth-order valence-electron chi connectivity index (χ4n) is 2.01. The molecule has 0 spiro atoms. The molecule has 0 aliphatic rings. The van der Waals surface area contributed by atoms with Crippen LogP contribution in [0.4, 0.5) is 0 Å². The van der Waals surface area contributed by atoms with Gasteiger partial charge in [0.1, 0.15) is 5.75 Å². The van der Waals surface area contributed by atoms with Crippen molar-refractivity contribution in [1.29, 1.82) is 0 Å². The molecular formula is C16H16O3. The first-order chi connectivity index (χ1) is 9.11. The van der Waals surface area contributed by atoms with Gasteiger partial charge in [-0.1, -0.05) is 18.2 Å². The average molecular weight is 256 g/mol. The number of carboxylic acids is 1. The smallest absolute Gasteiger partial charge is 0.335 e.